The quantitative estimate of drug-likeness (QED) is 0.227. The van der Waals surface area contributed by atoms with E-state index in [1.807, 2.05) is 0 Å². The maximum Gasteiger partial charge on any atom is 0.158 e. The summed E-state index contributed by atoms with van der Waals surface area (Å²) in [7, 11) is 0. The summed E-state index contributed by atoms with van der Waals surface area (Å²) in [6.07, 6.45) is 0. The van der Waals surface area contributed by atoms with Gasteiger partial charge in [-0.15, -0.1) is 0 Å². The Morgan fingerprint density at radius 3 is 1.84 bits per heavy atom. The van der Waals surface area contributed by atoms with Gasteiger partial charge in [0.05, 0.1) is 11.1 Å². The lowest BCUT2D eigenvalue weighted by Gasteiger charge is -2.30. The first-order chi connectivity index (χ1) is 21.7. The standard InChI is InChI=1S/C42H27NO/c1-25-24-26-12-2-3-13-27(26)38-31-17-10-23-37(41(31)44-40(25)38)43-36-22-11-21-35-39(36)30-16-6-9-20-34(30)42(35)32-18-7-4-14-28(32)29-15-5-8-19-33(29)42/h2-24,43H,1H3. The molecular formula is C42H27NO. The lowest BCUT2D eigenvalue weighted by molar-refractivity contribution is 0.667. The zero-order valence-corrected chi connectivity index (χ0v) is 24.2. The van der Waals surface area contributed by atoms with Gasteiger partial charge in [-0.1, -0.05) is 121 Å². The minimum absolute atomic E-state index is 0.363. The Morgan fingerprint density at radius 2 is 1.07 bits per heavy atom. The van der Waals surface area contributed by atoms with Gasteiger partial charge < -0.3 is 9.73 Å². The molecule has 2 aliphatic carbocycles. The van der Waals surface area contributed by atoms with Crippen LogP contribution in [0.2, 0.25) is 0 Å². The second kappa shape index (κ2) is 8.49. The van der Waals surface area contributed by atoms with Crippen LogP contribution in [0.5, 0.6) is 0 Å². The third kappa shape index (κ3) is 2.86. The molecule has 8 aromatic rings. The van der Waals surface area contributed by atoms with Gasteiger partial charge in [-0.2, -0.15) is 0 Å². The van der Waals surface area contributed by atoms with Gasteiger partial charge in [0.25, 0.3) is 0 Å². The number of benzene rings is 7. The molecule has 0 bridgehead atoms. The first-order valence-corrected chi connectivity index (χ1v) is 15.3. The minimum Gasteiger partial charge on any atom is -0.454 e. The van der Waals surface area contributed by atoms with E-state index in [4.69, 9.17) is 4.42 Å². The monoisotopic (exact) mass is 561 g/mol. The van der Waals surface area contributed by atoms with Crippen molar-refractivity contribution in [2.75, 3.05) is 5.32 Å². The highest BCUT2D eigenvalue weighted by Gasteiger charge is 2.51. The molecule has 0 saturated carbocycles. The van der Waals surface area contributed by atoms with Gasteiger partial charge in [-0.25, -0.2) is 0 Å². The van der Waals surface area contributed by atoms with Gasteiger partial charge in [-0.05, 0) is 80.4 Å². The fourth-order valence-electron chi connectivity index (χ4n) is 8.30. The predicted molar refractivity (Wildman–Crippen MR) is 182 cm³/mol. The number of para-hydroxylation sites is 1. The highest BCUT2D eigenvalue weighted by molar-refractivity contribution is 6.21. The molecule has 1 aromatic heterocycles. The van der Waals surface area contributed by atoms with Crippen molar-refractivity contribution in [1.29, 1.82) is 0 Å². The van der Waals surface area contributed by atoms with Crippen LogP contribution in [0.1, 0.15) is 27.8 Å². The molecule has 0 saturated heterocycles. The number of aryl methyl sites for hydroxylation is 1. The molecule has 1 N–H and O–H groups in total. The normalized spacial score (nSPS) is 13.8. The molecule has 7 aromatic carbocycles. The largest absolute Gasteiger partial charge is 0.454 e. The van der Waals surface area contributed by atoms with Crippen molar-refractivity contribution in [3.8, 4) is 22.3 Å². The summed E-state index contributed by atoms with van der Waals surface area (Å²) in [5, 5.41) is 8.65. The average molecular weight is 562 g/mol. The van der Waals surface area contributed by atoms with Crippen LogP contribution in [0.4, 0.5) is 11.4 Å². The topological polar surface area (TPSA) is 25.2 Å². The van der Waals surface area contributed by atoms with E-state index in [1.54, 1.807) is 0 Å². The Labute approximate surface area is 255 Å². The van der Waals surface area contributed by atoms with Crippen LogP contribution >= 0.6 is 0 Å². The zero-order chi connectivity index (χ0) is 29.0. The molecule has 0 radical (unpaired) electrons. The van der Waals surface area contributed by atoms with Crippen LogP contribution in [0, 0.1) is 6.92 Å². The summed E-state index contributed by atoms with van der Waals surface area (Å²) in [6, 6.07) is 50.9. The van der Waals surface area contributed by atoms with E-state index in [9.17, 15) is 0 Å². The first kappa shape index (κ1) is 23.9. The molecule has 0 aliphatic heterocycles. The van der Waals surface area contributed by atoms with Crippen LogP contribution in [0.15, 0.2) is 144 Å². The summed E-state index contributed by atoms with van der Waals surface area (Å²) in [4.78, 5) is 0. The summed E-state index contributed by atoms with van der Waals surface area (Å²) >= 11 is 0. The van der Waals surface area contributed by atoms with Crippen molar-refractivity contribution < 1.29 is 4.42 Å². The van der Waals surface area contributed by atoms with Crippen molar-refractivity contribution in [3.05, 3.63) is 167 Å². The minimum atomic E-state index is -0.363. The second-order valence-electron chi connectivity index (χ2n) is 12.1. The summed E-state index contributed by atoms with van der Waals surface area (Å²) in [5.41, 5.74) is 15.2. The molecule has 2 heteroatoms. The zero-order valence-electron chi connectivity index (χ0n) is 24.2. The van der Waals surface area contributed by atoms with Gasteiger partial charge in [0.2, 0.25) is 0 Å². The number of furan rings is 1. The molecule has 1 heterocycles. The number of hydrogen-bond acceptors (Lipinski definition) is 2. The predicted octanol–water partition coefficient (Wildman–Crippen LogP) is 11.1. The van der Waals surface area contributed by atoms with E-state index in [1.165, 1.54) is 60.7 Å². The molecule has 0 atom stereocenters. The van der Waals surface area contributed by atoms with Gasteiger partial charge in [0, 0.05) is 22.0 Å². The average Bonchev–Trinajstić information content (AvgIpc) is 3.71. The van der Waals surface area contributed by atoms with Crippen molar-refractivity contribution in [2.24, 2.45) is 0 Å². The highest BCUT2D eigenvalue weighted by Crippen LogP contribution is 2.63. The van der Waals surface area contributed by atoms with Crippen LogP contribution in [0.3, 0.4) is 0 Å². The Morgan fingerprint density at radius 1 is 0.500 bits per heavy atom. The summed E-state index contributed by atoms with van der Waals surface area (Å²) < 4.78 is 6.71. The van der Waals surface area contributed by atoms with Crippen molar-refractivity contribution in [1.82, 2.24) is 0 Å². The van der Waals surface area contributed by atoms with E-state index in [0.29, 0.717) is 0 Å². The van der Waals surface area contributed by atoms with Crippen molar-refractivity contribution in [3.63, 3.8) is 0 Å². The molecule has 206 valence electrons. The molecule has 0 amide bonds. The van der Waals surface area contributed by atoms with Gasteiger partial charge in [0.15, 0.2) is 5.58 Å². The van der Waals surface area contributed by atoms with Crippen LogP contribution in [-0.2, 0) is 5.41 Å². The fourth-order valence-corrected chi connectivity index (χ4v) is 8.30. The van der Waals surface area contributed by atoms with Gasteiger partial charge >= 0.3 is 0 Å². The SMILES string of the molecule is Cc1cc2ccccc2c2c1oc1c(Nc3cccc4c3-c3ccccc3C43c4ccccc4-c4ccccc43)cccc12. The lowest BCUT2D eigenvalue weighted by Crippen LogP contribution is -2.25. The van der Waals surface area contributed by atoms with E-state index in [-0.39, 0.29) is 5.41 Å². The molecule has 1 spiro atoms. The molecule has 44 heavy (non-hydrogen) atoms. The molecule has 2 nitrogen and oxygen atoms in total. The highest BCUT2D eigenvalue weighted by atomic mass is 16.3. The summed E-state index contributed by atoms with van der Waals surface area (Å²) in [6.45, 7) is 2.14. The maximum absolute atomic E-state index is 6.71. The molecular weight excluding hydrogens is 534 g/mol. The van der Waals surface area contributed by atoms with Crippen LogP contribution in [0.25, 0.3) is 55.0 Å². The van der Waals surface area contributed by atoms with E-state index in [2.05, 4.69) is 152 Å². The number of fused-ring (bicyclic) bond motifs is 15. The molecule has 0 unspecified atom stereocenters. The smallest absolute Gasteiger partial charge is 0.158 e. The lowest BCUT2D eigenvalue weighted by atomic mass is 9.70. The Hall–Kier alpha value is -5.60. The van der Waals surface area contributed by atoms with Crippen molar-refractivity contribution >= 4 is 44.1 Å². The fraction of sp³-hybridized carbons (Fsp3) is 0.0476. The summed E-state index contributed by atoms with van der Waals surface area (Å²) in [5.74, 6) is 0. The molecule has 0 fully saturated rings. The van der Waals surface area contributed by atoms with E-state index in [0.717, 1.165) is 33.5 Å². The van der Waals surface area contributed by atoms with E-state index >= 15 is 0 Å². The maximum atomic E-state index is 6.71. The van der Waals surface area contributed by atoms with Crippen molar-refractivity contribution in [2.45, 2.75) is 12.3 Å². The Balaban J connectivity index is 1.24. The number of hydrogen-bond donors (Lipinski definition) is 1. The number of rotatable bonds is 2. The third-order valence-electron chi connectivity index (χ3n) is 9.97. The van der Waals surface area contributed by atoms with Crippen LogP contribution in [-0.4, -0.2) is 0 Å². The Kier molecular flexibility index (Phi) is 4.61. The first-order valence-electron chi connectivity index (χ1n) is 15.3. The Bertz CT molecular complexity index is 2450. The van der Waals surface area contributed by atoms with E-state index < -0.39 is 0 Å². The second-order valence-corrected chi connectivity index (χ2v) is 12.1. The van der Waals surface area contributed by atoms with Gasteiger partial charge in [-0.3, -0.25) is 0 Å². The molecule has 10 rings (SSSR count). The number of anilines is 2. The molecule has 2 aliphatic rings. The van der Waals surface area contributed by atoms with Crippen LogP contribution < -0.4 is 5.32 Å². The number of nitrogens with one attached hydrogen (secondary N) is 1. The van der Waals surface area contributed by atoms with Gasteiger partial charge in [0.1, 0.15) is 5.58 Å². The third-order valence-corrected chi connectivity index (χ3v) is 9.97.